The van der Waals surface area contributed by atoms with Crippen molar-refractivity contribution in [3.05, 3.63) is 29.8 Å². The first-order valence-electron chi connectivity index (χ1n) is 7.16. The molecule has 2 rings (SSSR count). The Morgan fingerprint density at radius 1 is 1.17 bits per heavy atom. The largest absolute Gasteiger partial charge is 0.490 e. The van der Waals surface area contributed by atoms with Crippen molar-refractivity contribution in [1.29, 1.82) is 0 Å². The van der Waals surface area contributed by atoms with Crippen LogP contribution in [0.15, 0.2) is 24.3 Å². The quantitative estimate of drug-likeness (QED) is 0.863. The molecule has 0 heterocycles. The molecule has 0 bridgehead atoms. The Bertz CT molecular complexity index is 345. The van der Waals surface area contributed by atoms with E-state index in [1.807, 2.05) is 0 Å². The molecule has 100 valence electrons. The molecule has 1 aromatic carbocycles. The van der Waals surface area contributed by atoms with E-state index in [2.05, 4.69) is 31.2 Å². The van der Waals surface area contributed by atoms with E-state index in [-0.39, 0.29) is 6.61 Å². The average molecular weight is 248 g/mol. The van der Waals surface area contributed by atoms with Crippen molar-refractivity contribution in [1.82, 2.24) is 0 Å². The number of rotatable bonds is 5. The molecule has 0 aromatic heterocycles. The van der Waals surface area contributed by atoms with Gasteiger partial charge >= 0.3 is 0 Å². The van der Waals surface area contributed by atoms with E-state index in [1.165, 1.54) is 31.2 Å². The third kappa shape index (κ3) is 3.74. The Labute approximate surface area is 110 Å². The van der Waals surface area contributed by atoms with Crippen LogP contribution in [0.3, 0.4) is 0 Å². The zero-order valence-electron chi connectivity index (χ0n) is 11.3. The van der Waals surface area contributed by atoms with Gasteiger partial charge in [-0.3, -0.25) is 0 Å². The van der Waals surface area contributed by atoms with Crippen LogP contribution < -0.4 is 4.74 Å². The molecule has 2 heteroatoms. The van der Waals surface area contributed by atoms with Crippen molar-refractivity contribution < 1.29 is 9.84 Å². The molecule has 18 heavy (non-hydrogen) atoms. The first-order chi connectivity index (χ1) is 8.79. The molecule has 2 atom stereocenters. The molecule has 0 radical (unpaired) electrons. The molecule has 0 amide bonds. The van der Waals surface area contributed by atoms with Crippen LogP contribution >= 0.6 is 0 Å². The van der Waals surface area contributed by atoms with Crippen molar-refractivity contribution in [2.75, 3.05) is 6.61 Å². The Morgan fingerprint density at radius 2 is 1.89 bits per heavy atom. The summed E-state index contributed by atoms with van der Waals surface area (Å²) in [5.74, 6) is 1.66. The van der Waals surface area contributed by atoms with Gasteiger partial charge in [0.05, 0.1) is 0 Å². The van der Waals surface area contributed by atoms with Gasteiger partial charge in [0.1, 0.15) is 11.9 Å². The second-order valence-electron chi connectivity index (χ2n) is 5.39. The minimum Gasteiger partial charge on any atom is -0.490 e. The SMILES string of the molecule is C[C@H]1CCCC[C@H]1Oc1ccc(CCCO)cc1. The maximum absolute atomic E-state index is 8.80. The van der Waals surface area contributed by atoms with Crippen LogP contribution in [0.25, 0.3) is 0 Å². The van der Waals surface area contributed by atoms with Crippen molar-refractivity contribution in [2.45, 2.75) is 51.6 Å². The summed E-state index contributed by atoms with van der Waals surface area (Å²) in [4.78, 5) is 0. The van der Waals surface area contributed by atoms with Crippen molar-refractivity contribution in [2.24, 2.45) is 5.92 Å². The summed E-state index contributed by atoms with van der Waals surface area (Å²) in [5.41, 5.74) is 1.27. The summed E-state index contributed by atoms with van der Waals surface area (Å²) in [6.07, 6.45) is 7.29. The predicted molar refractivity (Wildman–Crippen MR) is 73.9 cm³/mol. The molecule has 1 saturated carbocycles. The third-order valence-electron chi connectivity index (χ3n) is 3.87. The van der Waals surface area contributed by atoms with Crippen molar-refractivity contribution in [3.63, 3.8) is 0 Å². The standard InChI is InChI=1S/C16H24O2/c1-13-5-2-3-7-16(13)18-15-10-8-14(9-11-15)6-4-12-17/h8-11,13,16-17H,2-7,12H2,1H3/t13-,16+/m0/s1. The van der Waals surface area contributed by atoms with E-state index in [1.54, 1.807) is 0 Å². The Hall–Kier alpha value is -1.02. The summed E-state index contributed by atoms with van der Waals surface area (Å²) in [6, 6.07) is 8.35. The minimum atomic E-state index is 0.262. The van der Waals surface area contributed by atoms with Gasteiger partial charge in [-0.1, -0.05) is 25.5 Å². The lowest BCUT2D eigenvalue weighted by atomic mass is 9.88. The fraction of sp³-hybridized carbons (Fsp3) is 0.625. The predicted octanol–water partition coefficient (Wildman–Crippen LogP) is 3.57. The van der Waals surface area contributed by atoms with Crippen LogP contribution in [0.4, 0.5) is 0 Å². The van der Waals surface area contributed by atoms with E-state index in [4.69, 9.17) is 9.84 Å². The molecule has 1 aliphatic carbocycles. The van der Waals surface area contributed by atoms with Crippen LogP contribution in [0.2, 0.25) is 0 Å². The van der Waals surface area contributed by atoms with Gasteiger partial charge in [-0.25, -0.2) is 0 Å². The van der Waals surface area contributed by atoms with Gasteiger partial charge in [-0.05, 0) is 55.7 Å². The highest BCUT2D eigenvalue weighted by molar-refractivity contribution is 5.27. The second-order valence-corrected chi connectivity index (χ2v) is 5.39. The number of aryl methyl sites for hydroxylation is 1. The number of hydrogen-bond acceptors (Lipinski definition) is 2. The molecule has 1 fully saturated rings. The van der Waals surface area contributed by atoms with Gasteiger partial charge in [-0.2, -0.15) is 0 Å². The summed E-state index contributed by atoms with van der Waals surface area (Å²) < 4.78 is 6.08. The lowest BCUT2D eigenvalue weighted by molar-refractivity contribution is 0.102. The maximum atomic E-state index is 8.80. The zero-order chi connectivity index (χ0) is 12.8. The molecule has 0 unspecified atom stereocenters. The number of aliphatic hydroxyl groups excluding tert-OH is 1. The molecule has 0 aliphatic heterocycles. The third-order valence-corrected chi connectivity index (χ3v) is 3.87. The first-order valence-corrected chi connectivity index (χ1v) is 7.16. The molecule has 2 nitrogen and oxygen atoms in total. The van der Waals surface area contributed by atoms with Gasteiger partial charge in [-0.15, -0.1) is 0 Å². The van der Waals surface area contributed by atoms with Crippen molar-refractivity contribution in [3.8, 4) is 5.75 Å². The van der Waals surface area contributed by atoms with Gasteiger partial charge in [0, 0.05) is 6.61 Å². The summed E-state index contributed by atoms with van der Waals surface area (Å²) in [6.45, 7) is 2.55. The summed E-state index contributed by atoms with van der Waals surface area (Å²) >= 11 is 0. The highest BCUT2D eigenvalue weighted by atomic mass is 16.5. The van der Waals surface area contributed by atoms with Crippen LogP contribution in [-0.4, -0.2) is 17.8 Å². The van der Waals surface area contributed by atoms with E-state index >= 15 is 0 Å². The Balaban J connectivity index is 1.89. The summed E-state index contributed by atoms with van der Waals surface area (Å²) in [5, 5.41) is 8.80. The van der Waals surface area contributed by atoms with Gasteiger partial charge < -0.3 is 9.84 Å². The minimum absolute atomic E-state index is 0.262. The van der Waals surface area contributed by atoms with E-state index in [9.17, 15) is 0 Å². The molecule has 0 spiro atoms. The van der Waals surface area contributed by atoms with Crippen LogP contribution in [-0.2, 0) is 6.42 Å². The van der Waals surface area contributed by atoms with Crippen LogP contribution in [0.5, 0.6) is 5.75 Å². The normalized spacial score (nSPS) is 23.9. The highest BCUT2D eigenvalue weighted by Crippen LogP contribution is 2.28. The number of aliphatic hydroxyl groups is 1. The Morgan fingerprint density at radius 3 is 2.56 bits per heavy atom. The lowest BCUT2D eigenvalue weighted by Gasteiger charge is -2.29. The molecule has 1 aromatic rings. The zero-order valence-corrected chi connectivity index (χ0v) is 11.3. The fourth-order valence-corrected chi connectivity index (χ4v) is 2.65. The molecular weight excluding hydrogens is 224 g/mol. The maximum Gasteiger partial charge on any atom is 0.119 e. The Kier molecular flexibility index (Phi) is 5.06. The highest BCUT2D eigenvalue weighted by Gasteiger charge is 2.22. The van der Waals surface area contributed by atoms with E-state index in [0.29, 0.717) is 12.0 Å². The van der Waals surface area contributed by atoms with E-state index in [0.717, 1.165) is 18.6 Å². The number of benzene rings is 1. The fourth-order valence-electron chi connectivity index (χ4n) is 2.65. The smallest absolute Gasteiger partial charge is 0.119 e. The van der Waals surface area contributed by atoms with Crippen LogP contribution in [0.1, 0.15) is 44.6 Å². The number of ether oxygens (including phenoxy) is 1. The molecule has 0 saturated heterocycles. The molecule has 1 N–H and O–H groups in total. The van der Waals surface area contributed by atoms with Gasteiger partial charge in [0.2, 0.25) is 0 Å². The van der Waals surface area contributed by atoms with Crippen LogP contribution in [0, 0.1) is 5.92 Å². The van der Waals surface area contributed by atoms with Gasteiger partial charge in [0.25, 0.3) is 0 Å². The lowest BCUT2D eigenvalue weighted by Crippen LogP contribution is -2.28. The molecule has 1 aliphatic rings. The van der Waals surface area contributed by atoms with Gasteiger partial charge in [0.15, 0.2) is 0 Å². The monoisotopic (exact) mass is 248 g/mol. The number of hydrogen-bond donors (Lipinski definition) is 1. The summed E-state index contributed by atoms with van der Waals surface area (Å²) in [7, 11) is 0. The molecular formula is C16H24O2. The van der Waals surface area contributed by atoms with E-state index < -0.39 is 0 Å². The topological polar surface area (TPSA) is 29.5 Å². The average Bonchev–Trinajstić information content (AvgIpc) is 2.41. The second kappa shape index (κ2) is 6.79. The first kappa shape index (κ1) is 13.4. The van der Waals surface area contributed by atoms with Crippen molar-refractivity contribution >= 4 is 0 Å².